The molecule has 3 aliphatic rings. The number of hydrogen-bond acceptors (Lipinski definition) is 5. The van der Waals surface area contributed by atoms with E-state index in [4.69, 9.17) is 28.9 Å². The molecule has 8 heteroatoms. The Morgan fingerprint density at radius 1 is 1.52 bits per heavy atom. The van der Waals surface area contributed by atoms with Crippen LogP contribution in [-0.4, -0.2) is 54.0 Å². The summed E-state index contributed by atoms with van der Waals surface area (Å²) in [6.45, 7) is 3.34. The van der Waals surface area contributed by atoms with Crippen molar-refractivity contribution in [3.05, 3.63) is 39.4 Å². The van der Waals surface area contributed by atoms with Gasteiger partial charge in [-0.25, -0.2) is 0 Å². The fourth-order valence-electron chi connectivity index (χ4n) is 4.58. The number of benzene rings is 1. The van der Waals surface area contributed by atoms with Gasteiger partial charge in [-0.2, -0.15) is 0 Å². The first-order chi connectivity index (χ1) is 12.8. The maximum absolute atomic E-state index is 12.1. The summed E-state index contributed by atoms with van der Waals surface area (Å²) in [5, 5.41) is 13.8. The molecular weight excluding hydrogens is 387 g/mol. The Morgan fingerprint density at radius 2 is 2.30 bits per heavy atom. The second kappa shape index (κ2) is 6.69. The number of aliphatic hydroxyl groups excluding tert-OH is 1. The molecule has 0 saturated carbocycles. The molecule has 27 heavy (non-hydrogen) atoms. The first-order valence-electron chi connectivity index (χ1n) is 9.01. The van der Waals surface area contributed by atoms with Crippen molar-refractivity contribution in [2.75, 3.05) is 31.6 Å². The third-order valence-electron chi connectivity index (χ3n) is 5.97. The zero-order valence-electron chi connectivity index (χ0n) is 15.0. The van der Waals surface area contributed by atoms with Crippen LogP contribution in [0.25, 0.3) is 0 Å². The molecule has 0 bridgehead atoms. The van der Waals surface area contributed by atoms with E-state index in [0.717, 1.165) is 23.2 Å². The fraction of sp³-hybridized carbons (Fsp3) is 0.474. The third kappa shape index (κ3) is 2.91. The monoisotopic (exact) mass is 408 g/mol. The number of amides is 1. The van der Waals surface area contributed by atoms with Crippen LogP contribution in [0, 0.1) is 0 Å². The first kappa shape index (κ1) is 18.6. The molecule has 4 rings (SSSR count). The van der Waals surface area contributed by atoms with Gasteiger partial charge in [0.25, 0.3) is 0 Å². The number of nitrogens with one attached hydrogen (secondary N) is 1. The minimum absolute atomic E-state index is 0.0436. The maximum Gasteiger partial charge on any atom is 0.248 e. The summed E-state index contributed by atoms with van der Waals surface area (Å²) in [4.78, 5) is 18.2. The largest absolute Gasteiger partial charge is 0.387 e. The number of likely N-dealkylation sites (tertiary alicyclic amines) is 1. The van der Waals surface area contributed by atoms with Crippen LogP contribution in [0.2, 0.25) is 10.0 Å². The Bertz CT molecular complexity index is 870. The van der Waals surface area contributed by atoms with E-state index in [1.807, 2.05) is 18.2 Å². The van der Waals surface area contributed by atoms with Crippen molar-refractivity contribution in [3.8, 4) is 0 Å². The Kier molecular flexibility index (Phi) is 4.61. The molecular formula is C19H22Cl2N4O2. The van der Waals surface area contributed by atoms with E-state index < -0.39 is 6.61 Å². The molecule has 1 fully saturated rings. The molecule has 1 aromatic rings. The van der Waals surface area contributed by atoms with Crippen molar-refractivity contribution >= 4 is 40.6 Å². The summed E-state index contributed by atoms with van der Waals surface area (Å²) in [7, 11) is 0. The minimum Gasteiger partial charge on any atom is -0.387 e. The predicted molar refractivity (Wildman–Crippen MR) is 108 cm³/mol. The molecule has 3 unspecified atom stereocenters. The van der Waals surface area contributed by atoms with Crippen LogP contribution in [-0.2, 0) is 10.2 Å². The van der Waals surface area contributed by atoms with E-state index in [9.17, 15) is 9.90 Å². The van der Waals surface area contributed by atoms with Gasteiger partial charge >= 0.3 is 0 Å². The molecule has 144 valence electrons. The SMILES string of the molecule is CC12CN(C(=O)CO)CCC1Nc1c(Cl)c(Cl)cc(C3C=CC(N)=NC3)c12. The Morgan fingerprint density at radius 3 is 2.96 bits per heavy atom. The van der Waals surface area contributed by atoms with E-state index in [1.165, 1.54) is 0 Å². The van der Waals surface area contributed by atoms with E-state index in [0.29, 0.717) is 35.5 Å². The van der Waals surface area contributed by atoms with Crippen molar-refractivity contribution in [1.29, 1.82) is 0 Å². The summed E-state index contributed by atoms with van der Waals surface area (Å²) in [5.41, 5.74) is 8.44. The maximum atomic E-state index is 12.1. The molecule has 1 aromatic carbocycles. The van der Waals surface area contributed by atoms with Gasteiger partial charge in [-0.3, -0.25) is 9.79 Å². The number of anilines is 1. The van der Waals surface area contributed by atoms with Crippen LogP contribution in [0.3, 0.4) is 0 Å². The topological polar surface area (TPSA) is 91.0 Å². The van der Waals surface area contributed by atoms with Gasteiger partial charge in [0.1, 0.15) is 12.4 Å². The van der Waals surface area contributed by atoms with Crippen LogP contribution in [0.15, 0.2) is 23.2 Å². The van der Waals surface area contributed by atoms with Crippen LogP contribution in [0.5, 0.6) is 0 Å². The summed E-state index contributed by atoms with van der Waals surface area (Å²) < 4.78 is 0. The van der Waals surface area contributed by atoms with E-state index in [2.05, 4.69) is 17.2 Å². The van der Waals surface area contributed by atoms with Gasteiger partial charge in [0, 0.05) is 30.5 Å². The van der Waals surface area contributed by atoms with Crippen molar-refractivity contribution in [3.63, 3.8) is 0 Å². The summed E-state index contributed by atoms with van der Waals surface area (Å²) in [6.07, 6.45) is 4.63. The fourth-order valence-corrected chi connectivity index (χ4v) is 5.00. The second-order valence-corrected chi connectivity index (χ2v) is 8.40. The van der Waals surface area contributed by atoms with Crippen molar-refractivity contribution < 1.29 is 9.90 Å². The number of aliphatic hydroxyl groups is 1. The molecule has 4 N–H and O–H groups in total. The zero-order valence-corrected chi connectivity index (χ0v) is 16.5. The summed E-state index contributed by atoms with van der Waals surface area (Å²) in [6, 6.07) is 2.06. The van der Waals surface area contributed by atoms with Crippen LogP contribution in [0.4, 0.5) is 5.69 Å². The Balaban J connectivity index is 1.82. The van der Waals surface area contributed by atoms with Crippen LogP contribution >= 0.6 is 23.2 Å². The number of fused-ring (bicyclic) bond motifs is 3. The van der Waals surface area contributed by atoms with Gasteiger partial charge < -0.3 is 21.1 Å². The molecule has 3 heterocycles. The smallest absolute Gasteiger partial charge is 0.248 e. The van der Waals surface area contributed by atoms with Gasteiger partial charge in [-0.15, -0.1) is 0 Å². The number of carbonyl (C=O) groups is 1. The van der Waals surface area contributed by atoms with Gasteiger partial charge in [0.15, 0.2) is 0 Å². The molecule has 1 saturated heterocycles. The van der Waals surface area contributed by atoms with Crippen molar-refractivity contribution in [2.45, 2.75) is 30.7 Å². The lowest BCUT2D eigenvalue weighted by Crippen LogP contribution is -2.55. The Hall–Kier alpha value is -1.76. The van der Waals surface area contributed by atoms with Crippen molar-refractivity contribution in [1.82, 2.24) is 4.90 Å². The first-order valence-corrected chi connectivity index (χ1v) is 9.76. The van der Waals surface area contributed by atoms with Crippen LogP contribution in [0.1, 0.15) is 30.4 Å². The minimum atomic E-state index is -0.478. The summed E-state index contributed by atoms with van der Waals surface area (Å²) >= 11 is 13.0. The Labute approximate surface area is 168 Å². The number of piperidine rings is 1. The van der Waals surface area contributed by atoms with Gasteiger partial charge in [-0.1, -0.05) is 36.2 Å². The zero-order chi connectivity index (χ0) is 19.3. The predicted octanol–water partition coefficient (Wildman–Crippen LogP) is 2.28. The normalized spacial score (nSPS) is 29.0. The number of amidine groups is 1. The molecule has 0 radical (unpaired) electrons. The molecule has 6 nitrogen and oxygen atoms in total. The molecule has 0 aliphatic carbocycles. The number of halogens is 2. The molecule has 1 amide bonds. The van der Waals surface area contributed by atoms with E-state index >= 15 is 0 Å². The molecule has 0 spiro atoms. The number of nitrogens with zero attached hydrogens (tertiary/aromatic N) is 2. The number of aliphatic imine (C=N–C) groups is 1. The summed E-state index contributed by atoms with van der Waals surface area (Å²) in [5.74, 6) is 0.310. The second-order valence-electron chi connectivity index (χ2n) is 7.62. The van der Waals surface area contributed by atoms with E-state index in [1.54, 1.807) is 4.90 Å². The van der Waals surface area contributed by atoms with Gasteiger partial charge in [-0.05, 0) is 29.7 Å². The van der Waals surface area contributed by atoms with Gasteiger partial charge in [0.2, 0.25) is 5.91 Å². The van der Waals surface area contributed by atoms with Gasteiger partial charge in [0.05, 0.1) is 22.3 Å². The number of hydrogen-bond donors (Lipinski definition) is 3. The lowest BCUT2D eigenvalue weighted by atomic mass is 9.71. The van der Waals surface area contributed by atoms with Crippen LogP contribution < -0.4 is 11.1 Å². The quantitative estimate of drug-likeness (QED) is 0.699. The third-order valence-corrected chi connectivity index (χ3v) is 6.76. The lowest BCUT2D eigenvalue weighted by molar-refractivity contribution is -0.136. The number of nitrogens with two attached hydrogens (primary N) is 1. The highest BCUT2D eigenvalue weighted by molar-refractivity contribution is 6.44. The highest BCUT2D eigenvalue weighted by atomic mass is 35.5. The molecule has 3 aliphatic heterocycles. The highest BCUT2D eigenvalue weighted by Gasteiger charge is 2.50. The average Bonchev–Trinajstić information content (AvgIpc) is 2.97. The number of rotatable bonds is 2. The molecule has 3 atom stereocenters. The average molecular weight is 409 g/mol. The highest BCUT2D eigenvalue weighted by Crippen LogP contribution is 2.52. The lowest BCUT2D eigenvalue weighted by Gasteiger charge is -2.43. The van der Waals surface area contributed by atoms with Crippen molar-refractivity contribution in [2.24, 2.45) is 10.7 Å². The van der Waals surface area contributed by atoms with E-state index in [-0.39, 0.29) is 23.3 Å². The molecule has 0 aromatic heterocycles. The number of carbonyl (C=O) groups excluding carboxylic acids is 1. The standard InChI is InChI=1S/C19H22Cl2N4O2/c1-19-9-25(15(27)8-26)5-4-13(19)24-18-16(19)11(6-12(20)17(18)21)10-2-3-14(22)23-7-10/h2-3,6,10,13,24,26H,4-5,7-9H2,1H3,(H2,22,23). The number of dihydropyridines is 1.